The molecule has 1 aliphatic rings. The van der Waals surface area contributed by atoms with E-state index in [0.29, 0.717) is 6.54 Å². The number of para-hydroxylation sites is 2. The minimum Gasteiger partial charge on any atom is -0.496 e. The minimum atomic E-state index is -0.0574. The first-order valence-corrected chi connectivity index (χ1v) is 11.5. The lowest BCUT2D eigenvalue weighted by molar-refractivity contribution is -0.118. The van der Waals surface area contributed by atoms with Crippen molar-refractivity contribution in [2.75, 3.05) is 30.9 Å². The number of aromatic nitrogens is 3. The molecule has 3 aromatic rings. The Morgan fingerprint density at radius 2 is 1.77 bits per heavy atom. The Kier molecular flexibility index (Phi) is 7.09. The summed E-state index contributed by atoms with van der Waals surface area (Å²) in [7, 11) is 1.63. The minimum absolute atomic E-state index is 0.0574. The maximum atomic E-state index is 12.5. The molecular weight excluding hydrogens is 410 g/mol. The highest BCUT2D eigenvalue weighted by atomic mass is 32.2. The van der Waals surface area contributed by atoms with Crippen LogP contribution in [0.25, 0.3) is 5.69 Å². The van der Waals surface area contributed by atoms with Gasteiger partial charge < -0.3 is 15.0 Å². The van der Waals surface area contributed by atoms with Crippen molar-refractivity contribution in [2.24, 2.45) is 0 Å². The van der Waals surface area contributed by atoms with Crippen LogP contribution in [0.2, 0.25) is 0 Å². The molecule has 1 aliphatic heterocycles. The molecule has 0 atom stereocenters. The molecule has 8 heteroatoms. The van der Waals surface area contributed by atoms with Crippen molar-refractivity contribution in [3.05, 3.63) is 60.2 Å². The van der Waals surface area contributed by atoms with Gasteiger partial charge in [-0.1, -0.05) is 48.2 Å². The van der Waals surface area contributed by atoms with Gasteiger partial charge in [-0.2, -0.15) is 0 Å². The van der Waals surface area contributed by atoms with Gasteiger partial charge in [0.15, 0.2) is 5.16 Å². The second-order valence-electron chi connectivity index (χ2n) is 7.38. The van der Waals surface area contributed by atoms with Gasteiger partial charge in [-0.05, 0) is 37.5 Å². The molecule has 7 nitrogen and oxygen atoms in total. The fraction of sp³-hybridized carbons (Fsp3) is 0.348. The Labute approximate surface area is 186 Å². The number of carbonyl (C=O) groups excluding carboxylic acids is 1. The Hall–Kier alpha value is -3.00. The first kappa shape index (κ1) is 21.2. The van der Waals surface area contributed by atoms with E-state index in [0.717, 1.165) is 54.0 Å². The lowest BCUT2D eigenvalue weighted by Crippen LogP contribution is -2.31. The van der Waals surface area contributed by atoms with E-state index in [2.05, 4.69) is 25.0 Å². The van der Waals surface area contributed by atoms with Crippen molar-refractivity contribution in [3.8, 4) is 11.4 Å². The fourth-order valence-corrected chi connectivity index (χ4v) is 4.46. The first-order valence-electron chi connectivity index (χ1n) is 10.5. The van der Waals surface area contributed by atoms with Gasteiger partial charge in [-0.25, -0.2) is 0 Å². The topological polar surface area (TPSA) is 72.3 Å². The fourth-order valence-electron chi connectivity index (χ4n) is 3.68. The number of carbonyl (C=O) groups is 1. The number of anilines is 1. The number of amides is 1. The molecule has 0 radical (unpaired) electrons. The van der Waals surface area contributed by atoms with E-state index in [1.807, 2.05) is 54.6 Å². The van der Waals surface area contributed by atoms with Gasteiger partial charge in [0.25, 0.3) is 0 Å². The van der Waals surface area contributed by atoms with Crippen molar-refractivity contribution in [1.29, 1.82) is 0 Å². The van der Waals surface area contributed by atoms with Gasteiger partial charge >= 0.3 is 0 Å². The third-order valence-corrected chi connectivity index (χ3v) is 6.20. The van der Waals surface area contributed by atoms with Crippen LogP contribution in [-0.4, -0.2) is 46.6 Å². The quantitative estimate of drug-likeness (QED) is 0.542. The van der Waals surface area contributed by atoms with Crippen LogP contribution >= 0.6 is 11.8 Å². The van der Waals surface area contributed by atoms with E-state index in [1.54, 1.807) is 7.11 Å². The standard InChI is InChI=1S/C23H27N5O2S/c1-30-20-13-7-6-10-18(20)16-24-21(29)17-31-23-26-25-22(27-14-8-3-9-15-27)28(23)19-11-4-2-5-12-19/h2,4-7,10-13H,3,8-9,14-17H2,1H3,(H,24,29). The summed E-state index contributed by atoms with van der Waals surface area (Å²) in [6.07, 6.45) is 3.58. The van der Waals surface area contributed by atoms with Crippen molar-refractivity contribution in [3.63, 3.8) is 0 Å². The molecular formula is C23H27N5O2S. The largest absolute Gasteiger partial charge is 0.496 e. The van der Waals surface area contributed by atoms with Gasteiger partial charge in [-0.15, -0.1) is 10.2 Å². The molecule has 4 rings (SSSR count). The zero-order valence-electron chi connectivity index (χ0n) is 17.7. The van der Waals surface area contributed by atoms with E-state index in [-0.39, 0.29) is 11.7 Å². The van der Waals surface area contributed by atoms with Crippen LogP contribution in [0.15, 0.2) is 59.8 Å². The zero-order chi connectivity index (χ0) is 21.5. The third-order valence-electron chi connectivity index (χ3n) is 5.27. The molecule has 0 bridgehead atoms. The van der Waals surface area contributed by atoms with E-state index >= 15 is 0 Å². The summed E-state index contributed by atoms with van der Waals surface area (Å²) in [5.41, 5.74) is 1.95. The van der Waals surface area contributed by atoms with Crippen LogP contribution in [0.5, 0.6) is 5.75 Å². The highest BCUT2D eigenvalue weighted by molar-refractivity contribution is 7.99. The molecule has 162 valence electrons. The summed E-state index contributed by atoms with van der Waals surface area (Å²) in [6, 6.07) is 17.8. The smallest absolute Gasteiger partial charge is 0.232 e. The predicted molar refractivity (Wildman–Crippen MR) is 123 cm³/mol. The summed E-state index contributed by atoms with van der Waals surface area (Å²) < 4.78 is 7.41. The molecule has 31 heavy (non-hydrogen) atoms. The van der Waals surface area contributed by atoms with E-state index in [4.69, 9.17) is 4.74 Å². The van der Waals surface area contributed by atoms with Gasteiger partial charge in [0.1, 0.15) is 5.75 Å². The second kappa shape index (κ2) is 10.3. The maximum Gasteiger partial charge on any atom is 0.232 e. The third kappa shape index (κ3) is 5.19. The van der Waals surface area contributed by atoms with Crippen LogP contribution in [0.3, 0.4) is 0 Å². The van der Waals surface area contributed by atoms with Crippen molar-refractivity contribution >= 4 is 23.6 Å². The number of thioether (sulfide) groups is 1. The Bertz CT molecular complexity index is 1000. The van der Waals surface area contributed by atoms with E-state index < -0.39 is 0 Å². The van der Waals surface area contributed by atoms with Gasteiger partial charge in [0.05, 0.1) is 18.6 Å². The molecule has 2 heterocycles. The molecule has 1 fully saturated rings. The number of methoxy groups -OCH3 is 1. The average molecular weight is 438 g/mol. The first-order chi connectivity index (χ1) is 15.3. The van der Waals surface area contributed by atoms with Crippen molar-refractivity contribution in [2.45, 2.75) is 31.0 Å². The van der Waals surface area contributed by atoms with Crippen LogP contribution in [-0.2, 0) is 11.3 Å². The number of nitrogens with zero attached hydrogens (tertiary/aromatic N) is 4. The van der Waals surface area contributed by atoms with E-state index in [9.17, 15) is 4.79 Å². The number of piperidine rings is 1. The monoisotopic (exact) mass is 437 g/mol. The van der Waals surface area contributed by atoms with Gasteiger partial charge in [0.2, 0.25) is 11.9 Å². The number of rotatable bonds is 8. The molecule has 1 saturated heterocycles. The molecule has 1 amide bonds. The van der Waals surface area contributed by atoms with Gasteiger partial charge in [0, 0.05) is 25.2 Å². The molecule has 0 saturated carbocycles. The molecule has 0 unspecified atom stereocenters. The number of nitrogens with one attached hydrogen (secondary N) is 1. The Morgan fingerprint density at radius 3 is 2.55 bits per heavy atom. The molecule has 1 N–H and O–H groups in total. The molecule has 0 aliphatic carbocycles. The van der Waals surface area contributed by atoms with Crippen molar-refractivity contribution < 1.29 is 9.53 Å². The normalized spacial score (nSPS) is 13.8. The second-order valence-corrected chi connectivity index (χ2v) is 8.32. The average Bonchev–Trinajstić information content (AvgIpc) is 3.26. The lowest BCUT2D eigenvalue weighted by atomic mass is 10.1. The maximum absolute atomic E-state index is 12.5. The molecule has 1 aromatic heterocycles. The number of hydrogen-bond acceptors (Lipinski definition) is 6. The van der Waals surface area contributed by atoms with Crippen LogP contribution in [0.1, 0.15) is 24.8 Å². The van der Waals surface area contributed by atoms with Crippen molar-refractivity contribution in [1.82, 2.24) is 20.1 Å². The highest BCUT2D eigenvalue weighted by Gasteiger charge is 2.22. The predicted octanol–water partition coefficient (Wildman–Crippen LogP) is 3.67. The number of hydrogen-bond donors (Lipinski definition) is 1. The lowest BCUT2D eigenvalue weighted by Gasteiger charge is -2.27. The summed E-state index contributed by atoms with van der Waals surface area (Å²) in [5.74, 6) is 1.83. The van der Waals surface area contributed by atoms with Crippen LogP contribution in [0.4, 0.5) is 5.95 Å². The molecule has 0 spiro atoms. The van der Waals surface area contributed by atoms with E-state index in [1.165, 1.54) is 18.2 Å². The SMILES string of the molecule is COc1ccccc1CNC(=O)CSc1nnc(N2CCCCC2)n1-c1ccccc1. The molecule has 2 aromatic carbocycles. The number of benzene rings is 2. The Balaban J connectivity index is 1.45. The van der Waals surface area contributed by atoms with Crippen LogP contribution < -0.4 is 15.0 Å². The Morgan fingerprint density at radius 1 is 1.03 bits per heavy atom. The van der Waals surface area contributed by atoms with Gasteiger partial charge in [-0.3, -0.25) is 9.36 Å². The summed E-state index contributed by atoms with van der Waals surface area (Å²) in [5, 5.41) is 12.6. The summed E-state index contributed by atoms with van der Waals surface area (Å²) in [6.45, 7) is 2.39. The summed E-state index contributed by atoms with van der Waals surface area (Å²) in [4.78, 5) is 14.8. The zero-order valence-corrected chi connectivity index (χ0v) is 18.5. The summed E-state index contributed by atoms with van der Waals surface area (Å²) >= 11 is 1.40. The number of ether oxygens (including phenoxy) is 1. The van der Waals surface area contributed by atoms with Crippen LogP contribution in [0, 0.1) is 0 Å². The highest BCUT2D eigenvalue weighted by Crippen LogP contribution is 2.28.